The van der Waals surface area contributed by atoms with E-state index in [1.54, 1.807) is 0 Å². The fourth-order valence-corrected chi connectivity index (χ4v) is 3.30. The molecule has 0 amide bonds. The van der Waals surface area contributed by atoms with Crippen LogP contribution in [0.2, 0.25) is 5.02 Å². The number of nitrogens with one attached hydrogen (secondary N) is 2. The number of ether oxygens (including phenoxy) is 2. The minimum atomic E-state index is -0.279. The summed E-state index contributed by atoms with van der Waals surface area (Å²) in [5, 5.41) is 7.29. The zero-order valence-electron chi connectivity index (χ0n) is 16.3. The normalized spacial score (nSPS) is 13.1. The predicted octanol–water partition coefficient (Wildman–Crippen LogP) is 4.30. The molecule has 0 atom stereocenters. The van der Waals surface area contributed by atoms with Gasteiger partial charge in [0.1, 0.15) is 11.6 Å². The highest BCUT2D eigenvalue weighted by atomic mass is 127. The molecule has 1 aliphatic heterocycles. The summed E-state index contributed by atoms with van der Waals surface area (Å²) in [6, 6.07) is 10.8. The summed E-state index contributed by atoms with van der Waals surface area (Å²) in [4.78, 5) is 4.60. The van der Waals surface area contributed by atoms with Gasteiger partial charge in [-0.05, 0) is 55.2 Å². The van der Waals surface area contributed by atoms with Crippen LogP contribution in [0.15, 0.2) is 41.4 Å². The van der Waals surface area contributed by atoms with E-state index in [-0.39, 0.29) is 36.6 Å². The Morgan fingerprint density at radius 3 is 2.86 bits per heavy atom. The van der Waals surface area contributed by atoms with E-state index in [1.807, 2.05) is 25.1 Å². The van der Waals surface area contributed by atoms with Crippen molar-refractivity contribution < 1.29 is 13.9 Å². The van der Waals surface area contributed by atoms with E-state index >= 15 is 0 Å². The molecule has 5 nitrogen and oxygen atoms in total. The van der Waals surface area contributed by atoms with Gasteiger partial charge in [-0.2, -0.15) is 0 Å². The van der Waals surface area contributed by atoms with E-state index in [1.165, 1.54) is 17.7 Å². The molecule has 3 rings (SSSR count). The third kappa shape index (κ3) is 7.31. The largest absolute Gasteiger partial charge is 0.467 e. The van der Waals surface area contributed by atoms with Crippen LogP contribution >= 0.6 is 35.6 Å². The number of rotatable bonds is 7. The molecule has 2 N–H and O–H groups in total. The van der Waals surface area contributed by atoms with Crippen LogP contribution in [0.25, 0.3) is 0 Å². The maximum Gasteiger partial charge on any atom is 0.191 e. The van der Waals surface area contributed by atoms with Crippen molar-refractivity contribution in [2.45, 2.75) is 26.4 Å². The zero-order valence-corrected chi connectivity index (χ0v) is 19.4. The van der Waals surface area contributed by atoms with Gasteiger partial charge in [-0.15, -0.1) is 24.0 Å². The van der Waals surface area contributed by atoms with Gasteiger partial charge in [0.05, 0.1) is 6.61 Å². The second-order valence-electron chi connectivity index (χ2n) is 6.48. The first-order valence-corrected chi connectivity index (χ1v) is 9.82. The number of benzene rings is 2. The number of hydrogen-bond donors (Lipinski definition) is 2. The summed E-state index contributed by atoms with van der Waals surface area (Å²) in [7, 11) is 0. The monoisotopic (exact) mass is 533 g/mol. The van der Waals surface area contributed by atoms with E-state index in [4.69, 9.17) is 21.1 Å². The van der Waals surface area contributed by atoms with Gasteiger partial charge in [0.25, 0.3) is 0 Å². The maximum absolute atomic E-state index is 13.8. The van der Waals surface area contributed by atoms with Gasteiger partial charge in [-0.25, -0.2) is 4.39 Å². The minimum absolute atomic E-state index is 0. The Hall–Kier alpha value is -1.58. The fourth-order valence-electron chi connectivity index (χ4n) is 3.09. The second-order valence-corrected chi connectivity index (χ2v) is 6.92. The molecular weight excluding hydrogens is 508 g/mol. The lowest BCUT2D eigenvalue weighted by atomic mass is 10.1. The summed E-state index contributed by atoms with van der Waals surface area (Å²) in [5.41, 5.74) is 2.73. The molecular formula is C21H26ClFIN3O2. The minimum Gasteiger partial charge on any atom is -0.467 e. The van der Waals surface area contributed by atoms with E-state index < -0.39 is 0 Å². The SMILES string of the molecule is CCNC(=NCCc1cc(F)cc2c1OCOC2)NCCc1cccc(Cl)c1.I. The number of nitrogens with zero attached hydrogens (tertiary/aromatic N) is 1. The van der Waals surface area contributed by atoms with Crippen LogP contribution in [0.5, 0.6) is 5.75 Å². The van der Waals surface area contributed by atoms with Gasteiger partial charge in [-0.3, -0.25) is 4.99 Å². The quantitative estimate of drug-likeness (QED) is 0.317. The molecule has 8 heteroatoms. The van der Waals surface area contributed by atoms with Crippen LogP contribution in [-0.2, 0) is 24.2 Å². The van der Waals surface area contributed by atoms with Gasteiger partial charge in [0.2, 0.25) is 0 Å². The summed E-state index contributed by atoms with van der Waals surface area (Å²) in [6.07, 6.45) is 1.43. The zero-order chi connectivity index (χ0) is 19.8. The van der Waals surface area contributed by atoms with Gasteiger partial charge in [0, 0.05) is 30.2 Å². The molecule has 2 aromatic carbocycles. The van der Waals surface area contributed by atoms with E-state index in [0.717, 1.165) is 47.4 Å². The van der Waals surface area contributed by atoms with Crippen LogP contribution in [-0.4, -0.2) is 32.4 Å². The number of aliphatic imine (C=N–C) groups is 1. The van der Waals surface area contributed by atoms with Gasteiger partial charge < -0.3 is 20.1 Å². The van der Waals surface area contributed by atoms with Crippen molar-refractivity contribution >= 4 is 41.5 Å². The molecule has 0 aromatic heterocycles. The smallest absolute Gasteiger partial charge is 0.191 e. The van der Waals surface area contributed by atoms with Gasteiger partial charge in [0.15, 0.2) is 12.8 Å². The van der Waals surface area contributed by atoms with Crippen molar-refractivity contribution in [2.75, 3.05) is 26.4 Å². The topological polar surface area (TPSA) is 54.9 Å². The molecule has 0 aliphatic carbocycles. The summed E-state index contributed by atoms with van der Waals surface area (Å²) < 4.78 is 24.6. The van der Waals surface area contributed by atoms with Crippen LogP contribution in [0.1, 0.15) is 23.6 Å². The highest BCUT2D eigenvalue weighted by molar-refractivity contribution is 14.0. The van der Waals surface area contributed by atoms with Gasteiger partial charge in [-0.1, -0.05) is 23.7 Å². The third-order valence-electron chi connectivity index (χ3n) is 4.34. The van der Waals surface area contributed by atoms with Crippen molar-refractivity contribution in [3.63, 3.8) is 0 Å². The highest BCUT2D eigenvalue weighted by Gasteiger charge is 2.16. The molecule has 158 valence electrons. The molecule has 0 radical (unpaired) electrons. The van der Waals surface area contributed by atoms with Crippen molar-refractivity contribution in [1.82, 2.24) is 10.6 Å². The Morgan fingerprint density at radius 1 is 1.21 bits per heavy atom. The first kappa shape index (κ1) is 23.7. The molecule has 0 fully saturated rings. The van der Waals surface area contributed by atoms with Crippen molar-refractivity contribution in [3.8, 4) is 5.75 Å². The van der Waals surface area contributed by atoms with Crippen molar-refractivity contribution in [1.29, 1.82) is 0 Å². The average molecular weight is 534 g/mol. The summed E-state index contributed by atoms with van der Waals surface area (Å²) in [5.74, 6) is 1.18. The molecule has 0 spiro atoms. The van der Waals surface area contributed by atoms with Gasteiger partial charge >= 0.3 is 0 Å². The van der Waals surface area contributed by atoms with Crippen molar-refractivity contribution in [2.24, 2.45) is 4.99 Å². The van der Waals surface area contributed by atoms with Crippen LogP contribution in [0.4, 0.5) is 4.39 Å². The molecule has 1 aliphatic rings. The lowest BCUT2D eigenvalue weighted by Gasteiger charge is -2.20. The van der Waals surface area contributed by atoms with Crippen LogP contribution in [0, 0.1) is 5.82 Å². The number of fused-ring (bicyclic) bond motifs is 1. The Labute approximate surface area is 193 Å². The highest BCUT2D eigenvalue weighted by Crippen LogP contribution is 2.29. The molecule has 0 unspecified atom stereocenters. The molecule has 0 saturated carbocycles. The Balaban J connectivity index is 0.00000300. The Kier molecular flexibility index (Phi) is 9.96. The van der Waals surface area contributed by atoms with E-state index in [0.29, 0.717) is 19.6 Å². The Bertz CT molecular complexity index is 836. The summed E-state index contributed by atoms with van der Waals surface area (Å²) >= 11 is 6.02. The molecule has 29 heavy (non-hydrogen) atoms. The predicted molar refractivity (Wildman–Crippen MR) is 125 cm³/mol. The number of halogens is 3. The molecule has 0 saturated heterocycles. The molecule has 0 bridgehead atoms. The fraction of sp³-hybridized carbons (Fsp3) is 0.381. The maximum atomic E-state index is 13.8. The standard InChI is InChI=1S/C21H25ClFN3O2.HI/c1-2-24-21(25-8-6-15-4-3-5-18(22)10-15)26-9-7-16-11-19(23)12-17-13-27-14-28-20(16)17;/h3-5,10-12H,2,6-9,13-14H2,1H3,(H2,24,25,26);1H. The van der Waals surface area contributed by atoms with Crippen molar-refractivity contribution in [3.05, 3.63) is 63.9 Å². The van der Waals surface area contributed by atoms with Crippen LogP contribution in [0.3, 0.4) is 0 Å². The second kappa shape index (κ2) is 12.2. The van der Waals surface area contributed by atoms with E-state index in [9.17, 15) is 4.39 Å². The first-order valence-electron chi connectivity index (χ1n) is 9.44. The summed E-state index contributed by atoms with van der Waals surface area (Å²) in [6.45, 7) is 4.61. The first-order chi connectivity index (χ1) is 13.7. The lowest BCUT2D eigenvalue weighted by molar-refractivity contribution is -0.0172. The Morgan fingerprint density at radius 2 is 2.07 bits per heavy atom. The van der Waals surface area contributed by atoms with Crippen LogP contribution < -0.4 is 15.4 Å². The third-order valence-corrected chi connectivity index (χ3v) is 4.58. The number of guanidine groups is 1. The molecule has 1 heterocycles. The number of hydrogen-bond acceptors (Lipinski definition) is 3. The average Bonchev–Trinajstić information content (AvgIpc) is 2.68. The molecule has 2 aromatic rings. The lowest BCUT2D eigenvalue weighted by Crippen LogP contribution is -2.38. The van der Waals surface area contributed by atoms with E-state index in [2.05, 4.69) is 21.7 Å².